The molecule has 6 bridgehead atoms. The molecule has 0 spiro atoms. The summed E-state index contributed by atoms with van der Waals surface area (Å²) in [4.78, 5) is 12.4. The monoisotopic (exact) mass is 366 g/mol. The lowest BCUT2D eigenvalue weighted by Crippen LogP contribution is -2.61. The Bertz CT molecular complexity index is 576. The molecule has 26 heavy (non-hydrogen) atoms. The molecule has 7 aliphatic heterocycles. The zero-order valence-corrected chi connectivity index (χ0v) is 14.8. The van der Waals surface area contributed by atoms with Gasteiger partial charge in [0.25, 0.3) is 0 Å². The average molecular weight is 366 g/mol. The number of hydrogen-bond acceptors (Lipinski definition) is 7. The van der Waals surface area contributed by atoms with Crippen LogP contribution >= 0.6 is 0 Å². The maximum Gasteiger partial charge on any atom is 0.161 e. The Morgan fingerprint density at radius 1 is 0.769 bits per heavy atom. The lowest BCUT2D eigenvalue weighted by atomic mass is 9.87. The van der Waals surface area contributed by atoms with Crippen LogP contribution in [0.4, 0.5) is 0 Å². The Labute approximate surface area is 152 Å². The first kappa shape index (κ1) is 16.4. The highest BCUT2D eigenvalue weighted by Gasteiger charge is 2.64. The lowest BCUT2D eigenvalue weighted by Gasteiger charge is -2.46. The number of carbonyl (C=O) groups excluding carboxylic acids is 1. The molecule has 7 saturated heterocycles. The highest BCUT2D eigenvalue weighted by atomic mass is 16.8. The van der Waals surface area contributed by atoms with Gasteiger partial charge >= 0.3 is 0 Å². The number of ether oxygens (including phenoxy) is 6. The predicted molar refractivity (Wildman–Crippen MR) is 86.5 cm³/mol. The van der Waals surface area contributed by atoms with Crippen LogP contribution in [0.25, 0.3) is 0 Å². The molecule has 0 aromatic carbocycles. The first-order valence-corrected chi connectivity index (χ1v) is 10.1. The fourth-order valence-electron chi connectivity index (χ4n) is 5.64. The van der Waals surface area contributed by atoms with Crippen LogP contribution in [0.15, 0.2) is 0 Å². The van der Waals surface area contributed by atoms with Crippen LogP contribution in [0.5, 0.6) is 0 Å². The second kappa shape index (κ2) is 6.22. The van der Waals surface area contributed by atoms with Crippen molar-refractivity contribution < 1.29 is 33.2 Å². The van der Waals surface area contributed by atoms with Crippen LogP contribution in [-0.2, 0) is 33.2 Å². The molecule has 0 aromatic heterocycles. The van der Waals surface area contributed by atoms with E-state index in [-0.39, 0.29) is 60.9 Å². The molecule has 7 rings (SSSR count). The SMILES string of the molecule is O=C(CC1CCOC1)C[C@H]1CCC2OC3C4O[C@@H]5CC(OC4C2O1)OC35. The van der Waals surface area contributed by atoms with Crippen molar-refractivity contribution in [2.24, 2.45) is 5.92 Å². The molecule has 7 heterocycles. The second-order valence-electron chi connectivity index (χ2n) is 8.62. The number of hydrogen-bond donors (Lipinski definition) is 0. The zero-order chi connectivity index (χ0) is 17.3. The Kier molecular flexibility index (Phi) is 3.92. The van der Waals surface area contributed by atoms with Crippen LogP contribution in [0.1, 0.15) is 38.5 Å². The number of carbonyl (C=O) groups is 1. The zero-order valence-electron chi connectivity index (χ0n) is 14.8. The molecule has 7 fully saturated rings. The average Bonchev–Trinajstić information content (AvgIpc) is 3.26. The Balaban J connectivity index is 1.13. The van der Waals surface area contributed by atoms with Crippen LogP contribution in [0.2, 0.25) is 0 Å². The topological polar surface area (TPSA) is 72.5 Å². The minimum Gasteiger partial charge on any atom is -0.381 e. The molecule has 144 valence electrons. The van der Waals surface area contributed by atoms with Crippen molar-refractivity contribution in [2.75, 3.05) is 13.2 Å². The molecule has 7 nitrogen and oxygen atoms in total. The third-order valence-corrected chi connectivity index (χ3v) is 6.85. The van der Waals surface area contributed by atoms with Crippen molar-refractivity contribution in [1.82, 2.24) is 0 Å². The van der Waals surface area contributed by atoms with Gasteiger partial charge in [0.2, 0.25) is 0 Å². The Morgan fingerprint density at radius 3 is 2.42 bits per heavy atom. The molecular weight excluding hydrogens is 340 g/mol. The maximum atomic E-state index is 12.4. The van der Waals surface area contributed by atoms with E-state index in [1.165, 1.54) is 0 Å². The van der Waals surface area contributed by atoms with Crippen molar-refractivity contribution in [3.63, 3.8) is 0 Å². The molecule has 7 aliphatic rings. The molecule has 0 saturated carbocycles. The molecule has 0 aromatic rings. The lowest BCUT2D eigenvalue weighted by molar-refractivity contribution is -0.264. The number of rotatable bonds is 4. The van der Waals surface area contributed by atoms with Crippen molar-refractivity contribution >= 4 is 5.78 Å². The highest BCUT2D eigenvalue weighted by Crippen LogP contribution is 2.48. The fraction of sp³-hybridized carbons (Fsp3) is 0.947. The largest absolute Gasteiger partial charge is 0.381 e. The maximum absolute atomic E-state index is 12.4. The molecule has 7 heteroatoms. The summed E-state index contributed by atoms with van der Waals surface area (Å²) in [6, 6.07) is 0. The molecule has 0 aliphatic carbocycles. The van der Waals surface area contributed by atoms with Crippen LogP contribution in [0, 0.1) is 5.92 Å². The highest BCUT2D eigenvalue weighted by molar-refractivity contribution is 5.79. The van der Waals surface area contributed by atoms with Gasteiger partial charge in [0.1, 0.15) is 36.3 Å². The van der Waals surface area contributed by atoms with Gasteiger partial charge in [-0.15, -0.1) is 0 Å². The van der Waals surface area contributed by atoms with Crippen molar-refractivity contribution in [1.29, 1.82) is 0 Å². The molecular formula is C19H26O7. The third kappa shape index (κ3) is 2.59. The number of Topliss-reactive ketones (excluding diaryl/α,β-unsaturated/α-hetero) is 1. The molecule has 0 radical (unpaired) electrons. The first-order valence-electron chi connectivity index (χ1n) is 10.1. The molecule has 8 unspecified atom stereocenters. The van der Waals surface area contributed by atoms with Crippen molar-refractivity contribution in [3.05, 3.63) is 0 Å². The van der Waals surface area contributed by atoms with Gasteiger partial charge in [0.15, 0.2) is 6.29 Å². The van der Waals surface area contributed by atoms with Gasteiger partial charge in [-0.3, -0.25) is 4.79 Å². The quantitative estimate of drug-likeness (QED) is 0.734. The summed E-state index contributed by atoms with van der Waals surface area (Å²) in [5.41, 5.74) is 0. The van der Waals surface area contributed by atoms with E-state index in [0.29, 0.717) is 18.8 Å². The summed E-state index contributed by atoms with van der Waals surface area (Å²) in [5.74, 6) is 0.665. The molecule has 0 N–H and O–H groups in total. The Morgan fingerprint density at radius 2 is 1.54 bits per heavy atom. The standard InChI is InChI=1S/C19H26O7/c20-10(5-9-3-4-21-8-9)6-11-1-2-12-15(22-11)18-19-17(23-12)16-13(24-19)7-14(25-16)26-18/h9,11-19H,1-8H2/t9?,11-,12?,13-,14?,15?,16?,17?,18?,19?/m1/s1. The second-order valence-corrected chi connectivity index (χ2v) is 8.62. The van der Waals surface area contributed by atoms with E-state index in [2.05, 4.69) is 0 Å². The smallest absolute Gasteiger partial charge is 0.161 e. The molecule has 0 amide bonds. The predicted octanol–water partition coefficient (Wildman–Crippen LogP) is 0.968. The summed E-state index contributed by atoms with van der Waals surface area (Å²) in [5, 5.41) is 0. The minimum absolute atomic E-state index is 0.00359. The van der Waals surface area contributed by atoms with E-state index in [1.54, 1.807) is 0 Å². The first-order chi connectivity index (χ1) is 12.7. The normalized spacial score (nSPS) is 54.3. The molecule has 10 atom stereocenters. The van der Waals surface area contributed by atoms with E-state index in [4.69, 9.17) is 28.4 Å². The summed E-state index contributed by atoms with van der Waals surface area (Å²) < 4.78 is 36.4. The third-order valence-electron chi connectivity index (χ3n) is 6.85. The number of fused-ring (bicyclic) bond motifs is 1. The van der Waals surface area contributed by atoms with Crippen LogP contribution in [-0.4, -0.2) is 74.1 Å². The van der Waals surface area contributed by atoms with Gasteiger partial charge in [-0.05, 0) is 25.2 Å². The van der Waals surface area contributed by atoms with Gasteiger partial charge < -0.3 is 28.4 Å². The number of ketones is 1. The van der Waals surface area contributed by atoms with E-state index < -0.39 is 0 Å². The van der Waals surface area contributed by atoms with Crippen LogP contribution in [0.3, 0.4) is 0 Å². The summed E-state index contributed by atoms with van der Waals surface area (Å²) in [6.07, 6.45) is 4.01. The van der Waals surface area contributed by atoms with Crippen molar-refractivity contribution in [3.8, 4) is 0 Å². The summed E-state index contributed by atoms with van der Waals surface area (Å²) in [6.45, 7) is 1.50. The van der Waals surface area contributed by atoms with Crippen LogP contribution < -0.4 is 0 Å². The minimum atomic E-state index is -0.208. The van der Waals surface area contributed by atoms with E-state index >= 15 is 0 Å². The van der Waals surface area contributed by atoms with Gasteiger partial charge in [0.05, 0.1) is 18.3 Å². The fourth-order valence-corrected chi connectivity index (χ4v) is 5.64. The summed E-state index contributed by atoms with van der Waals surface area (Å²) in [7, 11) is 0. The van der Waals surface area contributed by atoms with E-state index in [0.717, 1.165) is 38.9 Å². The van der Waals surface area contributed by atoms with Gasteiger partial charge in [0, 0.05) is 32.5 Å². The van der Waals surface area contributed by atoms with Gasteiger partial charge in [-0.25, -0.2) is 0 Å². The summed E-state index contributed by atoms with van der Waals surface area (Å²) >= 11 is 0. The van der Waals surface area contributed by atoms with E-state index in [9.17, 15) is 4.79 Å². The van der Waals surface area contributed by atoms with Crippen molar-refractivity contribution in [2.45, 2.75) is 93.6 Å². The van der Waals surface area contributed by atoms with E-state index in [1.807, 2.05) is 0 Å². The van der Waals surface area contributed by atoms with Gasteiger partial charge in [-0.1, -0.05) is 0 Å². The van der Waals surface area contributed by atoms with Gasteiger partial charge in [-0.2, -0.15) is 0 Å². The Hall–Kier alpha value is -0.570.